The first-order valence-electron chi connectivity index (χ1n) is 7.50. The van der Waals surface area contributed by atoms with Gasteiger partial charge in [0.2, 0.25) is 0 Å². The summed E-state index contributed by atoms with van der Waals surface area (Å²) in [6, 6.07) is 12.8. The van der Waals surface area contributed by atoms with Gasteiger partial charge in [-0.3, -0.25) is 0 Å². The van der Waals surface area contributed by atoms with Crippen molar-refractivity contribution >= 4 is 16.5 Å². The lowest BCUT2D eigenvalue weighted by Gasteiger charge is -2.26. The minimum Gasteiger partial charge on any atom is -0.492 e. The Hall–Kier alpha value is -1.74. The minimum atomic E-state index is 0.706. The minimum absolute atomic E-state index is 0.706. The van der Waals surface area contributed by atoms with Crippen molar-refractivity contribution in [1.29, 1.82) is 0 Å². The van der Waals surface area contributed by atoms with E-state index in [0.717, 1.165) is 31.9 Å². The topological polar surface area (TPSA) is 24.5 Å². The summed E-state index contributed by atoms with van der Waals surface area (Å²) < 4.78 is 5.88. The maximum Gasteiger partial charge on any atom is 0.143 e. The van der Waals surface area contributed by atoms with Gasteiger partial charge in [0.25, 0.3) is 0 Å². The molecule has 0 aliphatic carbocycles. The van der Waals surface area contributed by atoms with Crippen LogP contribution in [0.4, 0.5) is 5.69 Å². The van der Waals surface area contributed by atoms with Gasteiger partial charge in [-0.2, -0.15) is 0 Å². The van der Waals surface area contributed by atoms with E-state index in [1.165, 1.54) is 22.9 Å². The van der Waals surface area contributed by atoms with Crippen LogP contribution < -0.4 is 15.0 Å². The van der Waals surface area contributed by atoms with Crippen LogP contribution in [0.3, 0.4) is 0 Å². The van der Waals surface area contributed by atoms with Crippen LogP contribution in [-0.4, -0.2) is 32.8 Å². The standard InChI is InChI=1S/C17H22N2O/c1-2-20-16-9-8-14-6-3-4-7-15(14)17(16)19-12-5-10-18-11-13-19/h3-4,6-9,18H,2,5,10-13H2,1H3. The van der Waals surface area contributed by atoms with E-state index in [1.54, 1.807) is 0 Å². The van der Waals surface area contributed by atoms with E-state index < -0.39 is 0 Å². The zero-order valence-corrected chi connectivity index (χ0v) is 12.1. The number of hydrogen-bond donors (Lipinski definition) is 1. The highest BCUT2D eigenvalue weighted by atomic mass is 16.5. The summed E-state index contributed by atoms with van der Waals surface area (Å²) in [6.07, 6.45) is 1.18. The molecule has 2 aromatic carbocycles. The smallest absolute Gasteiger partial charge is 0.143 e. The molecule has 1 aliphatic rings. The second-order valence-corrected chi connectivity index (χ2v) is 5.16. The summed E-state index contributed by atoms with van der Waals surface area (Å²) in [6.45, 7) is 7.01. The SMILES string of the molecule is CCOc1ccc2ccccc2c1N1CCCNCC1. The third-order valence-corrected chi connectivity index (χ3v) is 3.82. The van der Waals surface area contributed by atoms with Gasteiger partial charge in [-0.15, -0.1) is 0 Å². The highest BCUT2D eigenvalue weighted by Gasteiger charge is 2.17. The van der Waals surface area contributed by atoms with Gasteiger partial charge in [0.1, 0.15) is 5.75 Å². The summed E-state index contributed by atoms with van der Waals surface area (Å²) in [5.74, 6) is 1.01. The molecule has 3 rings (SSSR count). The fraction of sp³-hybridized carbons (Fsp3) is 0.412. The van der Waals surface area contributed by atoms with Crippen LogP contribution in [-0.2, 0) is 0 Å². The summed E-state index contributed by atoms with van der Waals surface area (Å²) in [4.78, 5) is 2.47. The Kier molecular flexibility index (Phi) is 4.07. The van der Waals surface area contributed by atoms with E-state index in [1.807, 2.05) is 6.92 Å². The fourth-order valence-corrected chi connectivity index (χ4v) is 2.90. The highest BCUT2D eigenvalue weighted by Crippen LogP contribution is 2.36. The van der Waals surface area contributed by atoms with Gasteiger partial charge in [-0.1, -0.05) is 30.3 Å². The third kappa shape index (κ3) is 2.59. The van der Waals surface area contributed by atoms with Crippen molar-refractivity contribution in [3.8, 4) is 5.75 Å². The van der Waals surface area contributed by atoms with E-state index in [4.69, 9.17) is 4.74 Å². The first kappa shape index (κ1) is 13.3. The van der Waals surface area contributed by atoms with Gasteiger partial charge in [0.05, 0.1) is 12.3 Å². The van der Waals surface area contributed by atoms with Gasteiger partial charge in [-0.25, -0.2) is 0 Å². The molecule has 3 heteroatoms. The molecule has 1 aliphatic heterocycles. The van der Waals surface area contributed by atoms with E-state index in [9.17, 15) is 0 Å². The molecule has 0 aromatic heterocycles. The zero-order valence-electron chi connectivity index (χ0n) is 12.1. The average molecular weight is 270 g/mol. The van der Waals surface area contributed by atoms with Crippen LogP contribution in [0, 0.1) is 0 Å². The van der Waals surface area contributed by atoms with Gasteiger partial charge in [-0.05, 0) is 31.3 Å². The molecule has 1 N–H and O–H groups in total. The summed E-state index contributed by atoms with van der Waals surface area (Å²) in [5.41, 5.74) is 1.26. The van der Waals surface area contributed by atoms with Crippen molar-refractivity contribution in [2.45, 2.75) is 13.3 Å². The molecular weight excluding hydrogens is 248 g/mol. The lowest BCUT2D eigenvalue weighted by molar-refractivity contribution is 0.341. The molecule has 20 heavy (non-hydrogen) atoms. The number of benzene rings is 2. The summed E-state index contributed by atoms with van der Waals surface area (Å²) in [5, 5.41) is 6.04. The lowest BCUT2D eigenvalue weighted by Crippen LogP contribution is -2.28. The van der Waals surface area contributed by atoms with Crippen LogP contribution in [0.15, 0.2) is 36.4 Å². The third-order valence-electron chi connectivity index (χ3n) is 3.82. The van der Waals surface area contributed by atoms with Gasteiger partial charge in [0, 0.05) is 25.0 Å². The Balaban J connectivity index is 2.10. The number of fused-ring (bicyclic) bond motifs is 1. The van der Waals surface area contributed by atoms with Crippen LogP contribution in [0.25, 0.3) is 10.8 Å². The molecular formula is C17H22N2O. The second-order valence-electron chi connectivity index (χ2n) is 5.16. The predicted octanol–water partition coefficient (Wildman–Crippen LogP) is 3.04. The van der Waals surface area contributed by atoms with Crippen molar-refractivity contribution in [1.82, 2.24) is 5.32 Å². The molecule has 0 atom stereocenters. The molecule has 106 valence electrons. The van der Waals surface area contributed by atoms with Crippen LogP contribution in [0.1, 0.15) is 13.3 Å². The Morgan fingerprint density at radius 1 is 1.10 bits per heavy atom. The quantitative estimate of drug-likeness (QED) is 0.928. The van der Waals surface area contributed by atoms with Crippen molar-refractivity contribution in [3.05, 3.63) is 36.4 Å². The molecule has 0 radical (unpaired) electrons. The number of anilines is 1. The Labute approximate surface area is 120 Å². The first-order chi connectivity index (χ1) is 9.90. The van der Waals surface area contributed by atoms with E-state index in [2.05, 4.69) is 46.6 Å². The largest absolute Gasteiger partial charge is 0.492 e. The van der Waals surface area contributed by atoms with E-state index in [-0.39, 0.29) is 0 Å². The number of nitrogens with one attached hydrogen (secondary N) is 1. The van der Waals surface area contributed by atoms with Crippen molar-refractivity contribution in [3.63, 3.8) is 0 Å². The van der Waals surface area contributed by atoms with Crippen molar-refractivity contribution in [2.24, 2.45) is 0 Å². The van der Waals surface area contributed by atoms with Gasteiger partial charge in [0.15, 0.2) is 0 Å². The fourth-order valence-electron chi connectivity index (χ4n) is 2.90. The molecule has 3 nitrogen and oxygen atoms in total. The number of nitrogens with zero attached hydrogens (tertiary/aromatic N) is 1. The van der Waals surface area contributed by atoms with Crippen molar-refractivity contribution in [2.75, 3.05) is 37.7 Å². The highest BCUT2D eigenvalue weighted by molar-refractivity contribution is 5.97. The number of hydrogen-bond acceptors (Lipinski definition) is 3. The molecule has 0 amide bonds. The summed E-state index contributed by atoms with van der Waals surface area (Å²) >= 11 is 0. The van der Waals surface area contributed by atoms with E-state index >= 15 is 0 Å². The lowest BCUT2D eigenvalue weighted by atomic mass is 10.1. The number of ether oxygens (including phenoxy) is 1. The number of rotatable bonds is 3. The molecule has 1 saturated heterocycles. The first-order valence-corrected chi connectivity index (χ1v) is 7.50. The second kappa shape index (κ2) is 6.14. The normalized spacial score (nSPS) is 16.1. The van der Waals surface area contributed by atoms with Crippen LogP contribution >= 0.6 is 0 Å². The zero-order chi connectivity index (χ0) is 13.8. The Bertz CT molecular complexity index is 574. The molecule has 1 fully saturated rings. The van der Waals surface area contributed by atoms with Crippen molar-refractivity contribution < 1.29 is 4.74 Å². The van der Waals surface area contributed by atoms with Crippen LogP contribution in [0.2, 0.25) is 0 Å². The van der Waals surface area contributed by atoms with Gasteiger partial charge >= 0.3 is 0 Å². The molecule has 0 unspecified atom stereocenters. The Morgan fingerprint density at radius 2 is 2.00 bits per heavy atom. The summed E-state index contributed by atoms with van der Waals surface area (Å²) in [7, 11) is 0. The maximum absolute atomic E-state index is 5.88. The van der Waals surface area contributed by atoms with Crippen LogP contribution in [0.5, 0.6) is 5.75 Å². The average Bonchev–Trinajstić information content (AvgIpc) is 2.76. The molecule has 2 aromatic rings. The molecule has 0 bridgehead atoms. The predicted molar refractivity (Wildman–Crippen MR) is 84.8 cm³/mol. The monoisotopic (exact) mass is 270 g/mol. The Morgan fingerprint density at radius 3 is 2.90 bits per heavy atom. The van der Waals surface area contributed by atoms with Gasteiger partial charge < -0.3 is 15.0 Å². The molecule has 0 spiro atoms. The molecule has 1 heterocycles. The maximum atomic E-state index is 5.88. The van der Waals surface area contributed by atoms with E-state index in [0.29, 0.717) is 6.61 Å². The molecule has 0 saturated carbocycles.